The Bertz CT molecular complexity index is 760. The minimum Gasteiger partial charge on any atom is -0.342 e. The Balaban J connectivity index is 1.70. The van der Waals surface area contributed by atoms with Crippen molar-refractivity contribution in [3.63, 3.8) is 0 Å². The normalized spacial score (nSPS) is 17.5. The molecule has 0 radical (unpaired) electrons. The number of hydrogen-bond acceptors (Lipinski definition) is 2. The molecule has 0 N–H and O–H groups in total. The fourth-order valence-corrected chi connectivity index (χ4v) is 3.22. The first-order chi connectivity index (χ1) is 11.1. The van der Waals surface area contributed by atoms with Crippen molar-refractivity contribution < 1.29 is 4.79 Å². The van der Waals surface area contributed by atoms with Gasteiger partial charge in [0.05, 0.1) is 11.1 Å². The van der Waals surface area contributed by atoms with E-state index in [4.69, 9.17) is 4.98 Å². The zero-order valence-corrected chi connectivity index (χ0v) is 14.0. The molecule has 2 fully saturated rings. The highest BCUT2D eigenvalue weighted by Crippen LogP contribution is 2.40. The standard InChI is InChI=1S/C20H24N2O/c1-13-3-8-18-16(11-13)17(12-19(21-18)15-6-7-15)20(23)22(2)10-9-14-4-5-14/h3,8,11-12,14-15H,4-7,9-10H2,1-2H3. The lowest BCUT2D eigenvalue weighted by Crippen LogP contribution is -2.28. The summed E-state index contributed by atoms with van der Waals surface area (Å²) in [6.45, 7) is 2.93. The van der Waals surface area contributed by atoms with Crippen LogP contribution in [-0.2, 0) is 0 Å². The smallest absolute Gasteiger partial charge is 0.254 e. The zero-order valence-electron chi connectivity index (χ0n) is 14.0. The summed E-state index contributed by atoms with van der Waals surface area (Å²) >= 11 is 0. The minimum atomic E-state index is 0.144. The summed E-state index contributed by atoms with van der Waals surface area (Å²) in [7, 11) is 1.93. The number of nitrogens with zero attached hydrogens (tertiary/aromatic N) is 2. The highest BCUT2D eigenvalue weighted by Gasteiger charge is 2.28. The third-order valence-electron chi connectivity index (χ3n) is 5.13. The van der Waals surface area contributed by atoms with E-state index in [0.29, 0.717) is 5.92 Å². The topological polar surface area (TPSA) is 33.2 Å². The SMILES string of the molecule is Cc1ccc2nc(C3CC3)cc(C(=O)N(C)CCC3CC3)c2c1. The van der Waals surface area contributed by atoms with E-state index < -0.39 is 0 Å². The summed E-state index contributed by atoms with van der Waals surface area (Å²) in [5.41, 5.74) is 4.06. The van der Waals surface area contributed by atoms with Crippen LogP contribution >= 0.6 is 0 Å². The number of benzene rings is 1. The van der Waals surface area contributed by atoms with E-state index in [0.717, 1.165) is 41.0 Å². The molecule has 0 aliphatic heterocycles. The molecule has 2 saturated carbocycles. The van der Waals surface area contributed by atoms with Crippen LogP contribution < -0.4 is 0 Å². The molecule has 0 bridgehead atoms. The Morgan fingerprint density at radius 1 is 1.22 bits per heavy atom. The van der Waals surface area contributed by atoms with Crippen LogP contribution in [0.25, 0.3) is 10.9 Å². The van der Waals surface area contributed by atoms with Gasteiger partial charge in [0.1, 0.15) is 0 Å². The molecule has 2 aliphatic rings. The average Bonchev–Trinajstić information content (AvgIpc) is 3.44. The Hall–Kier alpha value is -1.90. The Labute approximate surface area is 137 Å². The average molecular weight is 308 g/mol. The van der Waals surface area contributed by atoms with E-state index in [-0.39, 0.29) is 5.91 Å². The molecule has 1 aromatic carbocycles. The number of carbonyl (C=O) groups excluding carboxylic acids is 1. The second-order valence-corrected chi connectivity index (χ2v) is 7.35. The number of amides is 1. The van der Waals surface area contributed by atoms with Crippen molar-refractivity contribution in [2.75, 3.05) is 13.6 Å². The molecule has 1 amide bonds. The van der Waals surface area contributed by atoms with E-state index in [9.17, 15) is 4.79 Å². The van der Waals surface area contributed by atoms with E-state index in [1.165, 1.54) is 31.2 Å². The molecule has 2 aromatic rings. The highest BCUT2D eigenvalue weighted by atomic mass is 16.2. The second-order valence-electron chi connectivity index (χ2n) is 7.35. The van der Waals surface area contributed by atoms with Crippen LogP contribution in [0, 0.1) is 12.8 Å². The summed E-state index contributed by atoms with van der Waals surface area (Å²) < 4.78 is 0. The maximum Gasteiger partial charge on any atom is 0.254 e. The van der Waals surface area contributed by atoms with Gasteiger partial charge in [0.2, 0.25) is 0 Å². The monoisotopic (exact) mass is 308 g/mol. The number of carbonyl (C=O) groups is 1. The first-order valence-electron chi connectivity index (χ1n) is 8.78. The number of hydrogen-bond donors (Lipinski definition) is 0. The number of aromatic nitrogens is 1. The number of rotatable bonds is 5. The summed E-state index contributed by atoms with van der Waals surface area (Å²) in [4.78, 5) is 19.7. The molecular weight excluding hydrogens is 284 g/mol. The van der Waals surface area contributed by atoms with Crippen LogP contribution in [-0.4, -0.2) is 29.4 Å². The van der Waals surface area contributed by atoms with Crippen molar-refractivity contribution in [2.45, 2.75) is 44.9 Å². The summed E-state index contributed by atoms with van der Waals surface area (Å²) in [5, 5.41) is 0.998. The molecule has 3 heteroatoms. The molecule has 23 heavy (non-hydrogen) atoms. The third-order valence-corrected chi connectivity index (χ3v) is 5.13. The zero-order chi connectivity index (χ0) is 16.0. The van der Waals surface area contributed by atoms with E-state index in [1.54, 1.807) is 0 Å². The van der Waals surface area contributed by atoms with Gasteiger partial charge in [-0.25, -0.2) is 0 Å². The molecule has 3 nitrogen and oxygen atoms in total. The van der Waals surface area contributed by atoms with Gasteiger partial charge >= 0.3 is 0 Å². The van der Waals surface area contributed by atoms with Gasteiger partial charge in [0.25, 0.3) is 5.91 Å². The van der Waals surface area contributed by atoms with Crippen molar-refractivity contribution in [1.29, 1.82) is 0 Å². The maximum atomic E-state index is 13.0. The molecule has 120 valence electrons. The fraction of sp³-hybridized carbons (Fsp3) is 0.500. The predicted molar refractivity (Wildman–Crippen MR) is 92.8 cm³/mol. The highest BCUT2D eigenvalue weighted by molar-refractivity contribution is 6.06. The first-order valence-corrected chi connectivity index (χ1v) is 8.78. The summed E-state index contributed by atoms with van der Waals surface area (Å²) in [6.07, 6.45) is 6.22. The summed E-state index contributed by atoms with van der Waals surface area (Å²) in [5.74, 6) is 1.55. The first kappa shape index (κ1) is 14.7. The lowest BCUT2D eigenvalue weighted by molar-refractivity contribution is 0.0793. The van der Waals surface area contributed by atoms with Crippen LogP contribution in [0.5, 0.6) is 0 Å². The van der Waals surface area contributed by atoms with Crippen LogP contribution in [0.1, 0.15) is 59.6 Å². The van der Waals surface area contributed by atoms with Gasteiger partial charge in [-0.05, 0) is 50.3 Å². The van der Waals surface area contributed by atoms with Gasteiger partial charge in [-0.15, -0.1) is 0 Å². The number of fused-ring (bicyclic) bond motifs is 1. The van der Waals surface area contributed by atoms with Crippen molar-refractivity contribution in [3.8, 4) is 0 Å². The van der Waals surface area contributed by atoms with Gasteiger partial charge < -0.3 is 4.90 Å². The molecule has 1 heterocycles. The van der Waals surface area contributed by atoms with E-state index in [2.05, 4.69) is 31.2 Å². The van der Waals surface area contributed by atoms with Crippen molar-refractivity contribution in [3.05, 3.63) is 41.1 Å². The maximum absolute atomic E-state index is 13.0. The predicted octanol–water partition coefficient (Wildman–Crippen LogP) is 4.29. The number of pyridine rings is 1. The van der Waals surface area contributed by atoms with Gasteiger partial charge in [-0.3, -0.25) is 9.78 Å². The van der Waals surface area contributed by atoms with E-state index >= 15 is 0 Å². The Morgan fingerprint density at radius 3 is 2.70 bits per heavy atom. The molecule has 0 spiro atoms. The second kappa shape index (κ2) is 5.63. The fourth-order valence-electron chi connectivity index (χ4n) is 3.22. The molecule has 0 unspecified atom stereocenters. The Morgan fingerprint density at radius 2 is 2.00 bits per heavy atom. The van der Waals surface area contributed by atoms with Gasteiger partial charge in [-0.1, -0.05) is 24.5 Å². The van der Waals surface area contributed by atoms with E-state index in [1.807, 2.05) is 11.9 Å². The molecular formula is C20H24N2O. The largest absolute Gasteiger partial charge is 0.342 e. The van der Waals surface area contributed by atoms with Crippen LogP contribution in [0.4, 0.5) is 0 Å². The molecule has 2 aliphatic carbocycles. The lowest BCUT2D eigenvalue weighted by atomic mass is 10.0. The molecule has 0 atom stereocenters. The lowest BCUT2D eigenvalue weighted by Gasteiger charge is -2.19. The molecule has 1 aromatic heterocycles. The number of aryl methyl sites for hydroxylation is 1. The minimum absolute atomic E-state index is 0.144. The van der Waals surface area contributed by atoms with Crippen LogP contribution in [0.3, 0.4) is 0 Å². The van der Waals surface area contributed by atoms with Crippen molar-refractivity contribution in [1.82, 2.24) is 9.88 Å². The Kier molecular flexibility index (Phi) is 3.59. The van der Waals surface area contributed by atoms with Crippen LogP contribution in [0.15, 0.2) is 24.3 Å². The van der Waals surface area contributed by atoms with Crippen molar-refractivity contribution in [2.24, 2.45) is 5.92 Å². The van der Waals surface area contributed by atoms with Crippen LogP contribution in [0.2, 0.25) is 0 Å². The van der Waals surface area contributed by atoms with Gasteiger partial charge in [0, 0.05) is 30.6 Å². The van der Waals surface area contributed by atoms with Crippen molar-refractivity contribution >= 4 is 16.8 Å². The van der Waals surface area contributed by atoms with Gasteiger partial charge in [0.15, 0.2) is 0 Å². The third kappa shape index (κ3) is 3.10. The van der Waals surface area contributed by atoms with Gasteiger partial charge in [-0.2, -0.15) is 0 Å². The quantitative estimate of drug-likeness (QED) is 0.825. The molecule has 4 rings (SSSR count). The molecule has 0 saturated heterocycles. The summed E-state index contributed by atoms with van der Waals surface area (Å²) in [6, 6.07) is 8.28.